The molecule has 114 valence electrons. The first-order valence-electron chi connectivity index (χ1n) is 6.24. The van der Waals surface area contributed by atoms with Crippen molar-refractivity contribution < 1.29 is 13.9 Å². The third kappa shape index (κ3) is 3.89. The Morgan fingerprint density at radius 2 is 1.90 bits per heavy atom. The smallest absolute Gasteiger partial charge is 0.289 e. The summed E-state index contributed by atoms with van der Waals surface area (Å²) in [4.78, 5) is 1.73. The highest BCUT2D eigenvalue weighted by atomic mass is 79.9. The fourth-order valence-corrected chi connectivity index (χ4v) is 2.92. The second-order valence-corrected chi connectivity index (χ2v) is 5.48. The molecule has 1 saturated heterocycles. The molecule has 1 heterocycles. The number of nitrogens with zero attached hydrogens (tertiary/aromatic N) is 1. The maximum Gasteiger partial charge on any atom is 0.289 e. The van der Waals surface area contributed by atoms with E-state index < -0.39 is 18.6 Å². The van der Waals surface area contributed by atoms with E-state index >= 15 is 0 Å². The molecule has 2 rings (SSSR count). The first-order chi connectivity index (χ1) is 9.06. The minimum absolute atomic E-state index is 0. The van der Waals surface area contributed by atoms with E-state index in [4.69, 9.17) is 5.11 Å². The van der Waals surface area contributed by atoms with Crippen LogP contribution >= 0.6 is 28.3 Å². The van der Waals surface area contributed by atoms with Crippen LogP contribution in [0.15, 0.2) is 28.7 Å². The van der Waals surface area contributed by atoms with Gasteiger partial charge in [-0.05, 0) is 11.6 Å². The van der Waals surface area contributed by atoms with Crippen LogP contribution in [0.2, 0.25) is 0 Å². The van der Waals surface area contributed by atoms with Crippen molar-refractivity contribution in [1.29, 1.82) is 0 Å². The average Bonchev–Trinajstić information content (AvgIpc) is 2.42. The molecule has 1 fully saturated rings. The number of rotatable bonds is 4. The highest BCUT2D eigenvalue weighted by Crippen LogP contribution is 2.39. The van der Waals surface area contributed by atoms with Crippen molar-refractivity contribution in [3.8, 4) is 0 Å². The fraction of sp³-hybridized carbons (Fsp3) is 0.538. The highest BCUT2D eigenvalue weighted by molar-refractivity contribution is 9.10. The molecule has 2 N–H and O–H groups in total. The van der Waals surface area contributed by atoms with Gasteiger partial charge in [-0.25, -0.2) is 8.78 Å². The molecule has 1 aliphatic heterocycles. The maximum absolute atomic E-state index is 14.1. The molecule has 0 aliphatic carbocycles. The van der Waals surface area contributed by atoms with Crippen LogP contribution in [0.1, 0.15) is 11.6 Å². The molecular weight excluding hydrogens is 354 g/mol. The van der Waals surface area contributed by atoms with Crippen molar-refractivity contribution in [1.82, 2.24) is 10.2 Å². The molecule has 1 aliphatic rings. The molecule has 7 heteroatoms. The standard InChI is InChI=1S/C13H17BrF2N2O.ClH/c14-11-4-2-1-3-10(11)12(13(15,16)9-19)18-7-5-17-6-8-18;/h1-4,12,17,19H,5-9H2;1H/t12-;/m0./s1. The van der Waals surface area contributed by atoms with Gasteiger partial charge in [0.1, 0.15) is 12.6 Å². The molecule has 0 aromatic heterocycles. The van der Waals surface area contributed by atoms with Crippen LogP contribution in [-0.2, 0) is 0 Å². The number of nitrogens with one attached hydrogen (secondary N) is 1. The lowest BCUT2D eigenvalue weighted by atomic mass is 9.98. The first kappa shape index (κ1) is 17.8. The lowest BCUT2D eigenvalue weighted by Crippen LogP contribution is -2.51. The van der Waals surface area contributed by atoms with Crippen molar-refractivity contribution in [2.24, 2.45) is 0 Å². The van der Waals surface area contributed by atoms with Crippen molar-refractivity contribution in [3.63, 3.8) is 0 Å². The van der Waals surface area contributed by atoms with Gasteiger partial charge in [0.15, 0.2) is 0 Å². The summed E-state index contributed by atoms with van der Waals surface area (Å²) >= 11 is 3.33. The zero-order valence-corrected chi connectivity index (χ0v) is 13.3. The first-order valence-corrected chi connectivity index (χ1v) is 7.03. The maximum atomic E-state index is 14.1. The van der Waals surface area contributed by atoms with Crippen LogP contribution in [0.5, 0.6) is 0 Å². The summed E-state index contributed by atoms with van der Waals surface area (Å²) in [6.07, 6.45) is 0. The molecule has 0 radical (unpaired) electrons. The molecule has 0 bridgehead atoms. The van der Waals surface area contributed by atoms with Crippen LogP contribution in [0.3, 0.4) is 0 Å². The van der Waals surface area contributed by atoms with Gasteiger partial charge in [-0.15, -0.1) is 12.4 Å². The quantitative estimate of drug-likeness (QED) is 0.853. The Hall–Kier alpha value is -0.270. The topological polar surface area (TPSA) is 35.5 Å². The predicted molar refractivity (Wildman–Crippen MR) is 80.6 cm³/mol. The molecule has 1 aromatic carbocycles. The van der Waals surface area contributed by atoms with Crippen LogP contribution in [0.4, 0.5) is 8.78 Å². The lowest BCUT2D eigenvalue weighted by molar-refractivity contribution is -0.118. The second-order valence-electron chi connectivity index (χ2n) is 4.63. The molecule has 1 aromatic rings. The van der Waals surface area contributed by atoms with Crippen molar-refractivity contribution in [2.45, 2.75) is 12.0 Å². The Kier molecular flexibility index (Phi) is 6.81. The Morgan fingerprint density at radius 3 is 2.45 bits per heavy atom. The van der Waals surface area contributed by atoms with Gasteiger partial charge in [-0.1, -0.05) is 34.1 Å². The number of piperazine rings is 1. The molecule has 0 saturated carbocycles. The summed E-state index contributed by atoms with van der Waals surface area (Å²) in [7, 11) is 0. The summed E-state index contributed by atoms with van der Waals surface area (Å²) in [6.45, 7) is 1.30. The molecular formula is C13H18BrClF2N2O. The van der Waals surface area contributed by atoms with Gasteiger partial charge in [-0.2, -0.15) is 0 Å². The van der Waals surface area contributed by atoms with E-state index in [9.17, 15) is 8.78 Å². The van der Waals surface area contributed by atoms with Gasteiger partial charge in [0.25, 0.3) is 5.92 Å². The largest absolute Gasteiger partial charge is 0.390 e. The van der Waals surface area contributed by atoms with E-state index in [1.165, 1.54) is 0 Å². The Balaban J connectivity index is 0.00000200. The predicted octanol–water partition coefficient (Wildman–Crippen LogP) is 2.44. The van der Waals surface area contributed by atoms with E-state index in [0.717, 1.165) is 0 Å². The molecule has 1 atom stereocenters. The minimum Gasteiger partial charge on any atom is -0.390 e. The number of alkyl halides is 2. The highest BCUT2D eigenvalue weighted by Gasteiger charge is 2.44. The summed E-state index contributed by atoms with van der Waals surface area (Å²) < 4.78 is 28.9. The van der Waals surface area contributed by atoms with E-state index in [-0.39, 0.29) is 12.4 Å². The van der Waals surface area contributed by atoms with Crippen molar-refractivity contribution in [2.75, 3.05) is 32.8 Å². The Labute approximate surface area is 131 Å². The Bertz CT molecular complexity index is 431. The van der Waals surface area contributed by atoms with Crippen molar-refractivity contribution in [3.05, 3.63) is 34.3 Å². The number of hydrogen-bond acceptors (Lipinski definition) is 3. The Morgan fingerprint density at radius 1 is 1.30 bits per heavy atom. The third-order valence-corrected chi connectivity index (χ3v) is 4.05. The summed E-state index contributed by atoms with van der Waals surface area (Å²) in [5.41, 5.74) is 0.517. The van der Waals surface area contributed by atoms with Crippen LogP contribution in [0, 0.1) is 0 Å². The molecule has 0 spiro atoms. The van der Waals surface area contributed by atoms with Gasteiger partial charge < -0.3 is 10.4 Å². The van der Waals surface area contributed by atoms with Crippen LogP contribution < -0.4 is 5.32 Å². The van der Waals surface area contributed by atoms with E-state index in [0.29, 0.717) is 36.2 Å². The van der Waals surface area contributed by atoms with E-state index in [1.807, 2.05) is 0 Å². The summed E-state index contributed by atoms with van der Waals surface area (Å²) in [5.74, 6) is -3.17. The minimum atomic E-state index is -3.17. The SMILES string of the molecule is Cl.OCC(F)(F)[C@H](c1ccccc1Br)N1CCNCC1. The van der Waals surface area contributed by atoms with Gasteiger partial charge in [0.2, 0.25) is 0 Å². The van der Waals surface area contributed by atoms with E-state index in [1.54, 1.807) is 29.2 Å². The van der Waals surface area contributed by atoms with Crippen molar-refractivity contribution >= 4 is 28.3 Å². The van der Waals surface area contributed by atoms with Crippen LogP contribution in [-0.4, -0.2) is 48.7 Å². The molecule has 3 nitrogen and oxygen atoms in total. The van der Waals surface area contributed by atoms with E-state index in [2.05, 4.69) is 21.2 Å². The summed E-state index contributed by atoms with van der Waals surface area (Å²) in [5, 5.41) is 12.2. The second kappa shape index (κ2) is 7.66. The number of hydrogen-bond donors (Lipinski definition) is 2. The van der Waals surface area contributed by atoms with Gasteiger partial charge in [0.05, 0.1) is 0 Å². The lowest BCUT2D eigenvalue weighted by Gasteiger charge is -2.39. The average molecular weight is 372 g/mol. The molecule has 0 unspecified atom stereocenters. The van der Waals surface area contributed by atoms with Gasteiger partial charge >= 0.3 is 0 Å². The zero-order valence-electron chi connectivity index (χ0n) is 10.9. The number of aliphatic hydroxyl groups excluding tert-OH is 1. The number of aliphatic hydroxyl groups is 1. The number of benzene rings is 1. The normalized spacial score (nSPS) is 18.4. The molecule has 20 heavy (non-hydrogen) atoms. The third-order valence-electron chi connectivity index (χ3n) is 3.33. The summed E-state index contributed by atoms with van der Waals surface area (Å²) in [6, 6.07) is 5.86. The fourth-order valence-electron chi connectivity index (χ4n) is 2.41. The van der Waals surface area contributed by atoms with Crippen LogP contribution in [0.25, 0.3) is 0 Å². The van der Waals surface area contributed by atoms with Gasteiger partial charge in [0, 0.05) is 30.7 Å². The zero-order chi connectivity index (χ0) is 13.9. The number of halogens is 4. The monoisotopic (exact) mass is 370 g/mol. The molecule has 0 amide bonds. The van der Waals surface area contributed by atoms with Gasteiger partial charge in [-0.3, -0.25) is 4.90 Å².